The van der Waals surface area contributed by atoms with Crippen molar-refractivity contribution in [1.29, 1.82) is 0 Å². The maximum absolute atomic E-state index is 11.3. The molecule has 3 aromatic carbocycles. The number of fused-ring (bicyclic) bond motifs is 3. The molecule has 0 N–H and O–H groups in total. The first-order valence-corrected chi connectivity index (χ1v) is 10.0. The van der Waals surface area contributed by atoms with E-state index < -0.39 is 11.2 Å². The molecule has 0 saturated carbocycles. The van der Waals surface area contributed by atoms with E-state index in [0.29, 0.717) is 5.56 Å². The van der Waals surface area contributed by atoms with Crippen LogP contribution in [0.1, 0.15) is 35.4 Å². The number of hydrogen-bond acceptors (Lipinski definition) is 5. The highest BCUT2D eigenvalue weighted by atomic mass is 79.9. The molecular weight excluding hydrogens is 434 g/mol. The van der Waals surface area contributed by atoms with Gasteiger partial charge in [-0.15, -0.1) is 0 Å². The van der Waals surface area contributed by atoms with E-state index in [4.69, 9.17) is 9.84 Å². The Morgan fingerprint density at radius 2 is 1.90 bits per heavy atom. The maximum atomic E-state index is 11.3. The number of nitro benzene ring substituents is 1. The van der Waals surface area contributed by atoms with Gasteiger partial charge in [0.1, 0.15) is 5.75 Å². The molecule has 6 nitrogen and oxygen atoms in total. The Kier molecular flexibility index (Phi) is 4.32. The molecule has 2 aliphatic rings. The molecule has 0 aromatic heterocycles. The molecule has 0 bridgehead atoms. The third-order valence-corrected chi connectivity index (χ3v) is 5.72. The highest BCUT2D eigenvalue weighted by molar-refractivity contribution is 9.10. The third-order valence-electron chi connectivity index (χ3n) is 5.23. The summed E-state index contributed by atoms with van der Waals surface area (Å²) in [6.07, 6.45) is 0.206. The van der Waals surface area contributed by atoms with Crippen molar-refractivity contribution >= 4 is 27.3 Å². The average molecular weight is 450 g/mol. The van der Waals surface area contributed by atoms with Crippen LogP contribution in [0.15, 0.2) is 82.4 Å². The van der Waals surface area contributed by atoms with Gasteiger partial charge in [0.05, 0.1) is 16.7 Å². The molecule has 2 heterocycles. The van der Waals surface area contributed by atoms with Gasteiger partial charge in [0.2, 0.25) is 6.23 Å². The van der Waals surface area contributed by atoms with Crippen LogP contribution in [-0.4, -0.2) is 15.6 Å². The number of hydrogen-bond donors (Lipinski definition) is 0. The standard InChI is InChI=1S/C22H16BrN3O3/c23-16-9-10-21-18(12-16)20-13-19(14-5-2-1-3-6-14)24-25(20)22(29-21)15-7-4-8-17(11-15)26(27)28/h1-12,20,22H,13H2. The fourth-order valence-corrected chi connectivity index (χ4v) is 4.25. The van der Waals surface area contributed by atoms with Crippen molar-refractivity contribution < 1.29 is 9.66 Å². The molecule has 0 fully saturated rings. The molecule has 5 rings (SSSR count). The van der Waals surface area contributed by atoms with Gasteiger partial charge in [-0.2, -0.15) is 5.10 Å². The molecule has 3 aromatic rings. The van der Waals surface area contributed by atoms with Crippen LogP contribution in [0.3, 0.4) is 0 Å². The summed E-state index contributed by atoms with van der Waals surface area (Å²) in [5.41, 5.74) is 3.83. The third kappa shape index (κ3) is 3.17. The van der Waals surface area contributed by atoms with Gasteiger partial charge < -0.3 is 4.74 Å². The number of nitro groups is 1. The lowest BCUT2D eigenvalue weighted by molar-refractivity contribution is -0.385. The Bertz CT molecular complexity index is 1130. The van der Waals surface area contributed by atoms with Crippen LogP contribution in [-0.2, 0) is 0 Å². The van der Waals surface area contributed by atoms with E-state index in [1.54, 1.807) is 12.1 Å². The average Bonchev–Trinajstić information content (AvgIpc) is 3.20. The molecular formula is C22H16BrN3O3. The normalized spacial score (nSPS) is 19.8. The van der Waals surface area contributed by atoms with Gasteiger partial charge in [-0.05, 0) is 23.8 Å². The largest absolute Gasteiger partial charge is 0.464 e. The summed E-state index contributed by atoms with van der Waals surface area (Å²) in [7, 11) is 0. The minimum atomic E-state index is -0.533. The number of rotatable bonds is 3. The summed E-state index contributed by atoms with van der Waals surface area (Å²) in [5.74, 6) is 0.774. The van der Waals surface area contributed by atoms with E-state index in [2.05, 4.69) is 22.0 Å². The number of benzene rings is 3. The predicted molar refractivity (Wildman–Crippen MR) is 113 cm³/mol. The summed E-state index contributed by atoms with van der Waals surface area (Å²) in [6.45, 7) is 0. The van der Waals surface area contributed by atoms with E-state index in [1.165, 1.54) is 6.07 Å². The molecule has 29 heavy (non-hydrogen) atoms. The van der Waals surface area contributed by atoms with Crippen molar-refractivity contribution in [3.63, 3.8) is 0 Å². The zero-order chi connectivity index (χ0) is 20.0. The lowest BCUT2D eigenvalue weighted by Gasteiger charge is -2.38. The van der Waals surface area contributed by atoms with Crippen LogP contribution in [0.5, 0.6) is 5.75 Å². The Hall–Kier alpha value is -3.19. The zero-order valence-corrected chi connectivity index (χ0v) is 16.8. The van der Waals surface area contributed by atoms with Gasteiger partial charge in [0, 0.05) is 34.2 Å². The second-order valence-corrected chi connectivity index (χ2v) is 7.93. The summed E-state index contributed by atoms with van der Waals surface area (Å²) in [5, 5.41) is 18.1. The van der Waals surface area contributed by atoms with E-state index >= 15 is 0 Å². The fraction of sp³-hybridized carbons (Fsp3) is 0.136. The van der Waals surface area contributed by atoms with Gasteiger partial charge in [-0.3, -0.25) is 10.1 Å². The zero-order valence-electron chi connectivity index (χ0n) is 15.2. The van der Waals surface area contributed by atoms with Crippen molar-refractivity contribution in [2.45, 2.75) is 18.7 Å². The Labute approximate surface area is 175 Å². The number of non-ortho nitro benzene ring substituents is 1. The summed E-state index contributed by atoms with van der Waals surface area (Å²) in [6, 6.07) is 22.5. The number of hydrazone groups is 1. The first kappa shape index (κ1) is 17.9. The molecule has 2 unspecified atom stereocenters. The molecule has 0 radical (unpaired) electrons. The first-order chi connectivity index (χ1) is 14.1. The number of ether oxygens (including phenoxy) is 1. The Morgan fingerprint density at radius 1 is 1.07 bits per heavy atom. The Morgan fingerprint density at radius 3 is 2.69 bits per heavy atom. The fourth-order valence-electron chi connectivity index (χ4n) is 3.88. The van der Waals surface area contributed by atoms with E-state index in [1.807, 2.05) is 53.5 Å². The molecule has 144 valence electrons. The van der Waals surface area contributed by atoms with Crippen molar-refractivity contribution in [1.82, 2.24) is 5.01 Å². The summed E-state index contributed by atoms with van der Waals surface area (Å²) < 4.78 is 7.26. The molecule has 2 atom stereocenters. The molecule has 0 aliphatic carbocycles. The maximum Gasteiger partial charge on any atom is 0.269 e. The monoisotopic (exact) mass is 449 g/mol. The van der Waals surface area contributed by atoms with Crippen LogP contribution >= 0.6 is 15.9 Å². The smallest absolute Gasteiger partial charge is 0.269 e. The quantitative estimate of drug-likeness (QED) is 0.385. The SMILES string of the molecule is O=[N+]([O-])c1cccc(C2Oc3ccc(Br)cc3C3CC(c4ccccc4)=NN32)c1. The van der Waals surface area contributed by atoms with E-state index in [9.17, 15) is 10.1 Å². The van der Waals surface area contributed by atoms with E-state index in [-0.39, 0.29) is 11.7 Å². The Balaban J connectivity index is 1.61. The van der Waals surface area contributed by atoms with Crippen LogP contribution in [0.4, 0.5) is 5.69 Å². The van der Waals surface area contributed by atoms with Gasteiger partial charge >= 0.3 is 0 Å². The van der Waals surface area contributed by atoms with E-state index in [0.717, 1.165) is 33.5 Å². The van der Waals surface area contributed by atoms with Crippen LogP contribution in [0, 0.1) is 10.1 Å². The first-order valence-electron chi connectivity index (χ1n) is 9.22. The topological polar surface area (TPSA) is 68.0 Å². The highest BCUT2D eigenvalue weighted by Gasteiger charge is 2.41. The number of nitrogens with zero attached hydrogens (tertiary/aromatic N) is 3. The van der Waals surface area contributed by atoms with Crippen molar-refractivity contribution in [2.75, 3.05) is 0 Å². The summed E-state index contributed by atoms with van der Waals surface area (Å²) in [4.78, 5) is 10.9. The predicted octanol–water partition coefficient (Wildman–Crippen LogP) is 5.60. The minimum absolute atomic E-state index is 0.00396. The summed E-state index contributed by atoms with van der Waals surface area (Å²) >= 11 is 3.55. The van der Waals surface area contributed by atoms with Crippen molar-refractivity contribution in [3.8, 4) is 5.75 Å². The van der Waals surface area contributed by atoms with Crippen LogP contribution < -0.4 is 4.74 Å². The van der Waals surface area contributed by atoms with Gasteiger partial charge in [-0.25, -0.2) is 5.01 Å². The molecule has 2 aliphatic heterocycles. The molecule has 7 heteroatoms. The lowest BCUT2D eigenvalue weighted by atomic mass is 9.96. The van der Waals surface area contributed by atoms with Crippen molar-refractivity contribution in [2.24, 2.45) is 5.10 Å². The molecule has 0 spiro atoms. The van der Waals surface area contributed by atoms with Gasteiger partial charge in [0.25, 0.3) is 5.69 Å². The second kappa shape index (κ2) is 7.00. The van der Waals surface area contributed by atoms with Crippen molar-refractivity contribution in [3.05, 3.63) is 104 Å². The van der Waals surface area contributed by atoms with Gasteiger partial charge in [0.15, 0.2) is 0 Å². The number of halogens is 1. The lowest BCUT2D eigenvalue weighted by Crippen LogP contribution is -2.33. The molecule has 0 amide bonds. The second-order valence-electron chi connectivity index (χ2n) is 7.02. The minimum Gasteiger partial charge on any atom is -0.464 e. The highest BCUT2D eigenvalue weighted by Crippen LogP contribution is 2.48. The van der Waals surface area contributed by atoms with Crippen LogP contribution in [0.2, 0.25) is 0 Å². The molecule has 0 saturated heterocycles. The van der Waals surface area contributed by atoms with Gasteiger partial charge in [-0.1, -0.05) is 58.4 Å². The van der Waals surface area contributed by atoms with Crippen LogP contribution in [0.25, 0.3) is 0 Å².